The summed E-state index contributed by atoms with van der Waals surface area (Å²) in [4.78, 5) is 0. The maximum absolute atomic E-state index is 11.7. The summed E-state index contributed by atoms with van der Waals surface area (Å²) in [7, 11) is 0. The molecule has 1 rings (SSSR count). The second kappa shape index (κ2) is 9.15. The Morgan fingerprint density at radius 1 is 1.11 bits per heavy atom. The van der Waals surface area contributed by atoms with Gasteiger partial charge in [-0.25, -0.2) is 0 Å². The minimum atomic E-state index is -4.63. The molecule has 0 bridgehead atoms. The van der Waals surface area contributed by atoms with Crippen LogP contribution in [0.25, 0.3) is 6.08 Å². The third-order valence-electron chi connectivity index (χ3n) is 1.35. The molecule has 0 atom stereocenters. The Hall–Kier alpha value is 0.146. The normalized spacial score (nSPS) is 10.7. The van der Waals surface area contributed by atoms with E-state index in [4.69, 9.17) is 0 Å². The van der Waals surface area contributed by atoms with E-state index in [1.807, 2.05) is 0 Å². The molecule has 2 nitrogen and oxygen atoms in total. The van der Waals surface area contributed by atoms with E-state index in [0.29, 0.717) is 0 Å². The minimum absolute atomic E-state index is 0. The molecule has 0 unspecified atom stereocenters. The SMILES string of the molecule is C=Cc1ccc(OC(F)(F)F)cc1.CC(C)(C)[O-].[K+]. The van der Waals surface area contributed by atoms with Gasteiger partial charge < -0.3 is 9.84 Å². The van der Waals surface area contributed by atoms with Crippen molar-refractivity contribution in [3.8, 4) is 5.75 Å². The van der Waals surface area contributed by atoms with Crippen LogP contribution in [-0.2, 0) is 0 Å². The van der Waals surface area contributed by atoms with Crippen LogP contribution < -0.4 is 61.2 Å². The number of alkyl halides is 3. The van der Waals surface area contributed by atoms with Crippen LogP contribution in [0.5, 0.6) is 5.75 Å². The first-order valence-corrected chi connectivity index (χ1v) is 5.20. The van der Waals surface area contributed by atoms with Gasteiger partial charge in [0, 0.05) is 0 Å². The first kappa shape index (κ1) is 21.4. The van der Waals surface area contributed by atoms with Crippen LogP contribution in [0.2, 0.25) is 0 Å². The van der Waals surface area contributed by atoms with Gasteiger partial charge in [0.2, 0.25) is 0 Å². The van der Waals surface area contributed by atoms with Crippen molar-refractivity contribution in [3.05, 3.63) is 36.4 Å². The number of hydrogen-bond acceptors (Lipinski definition) is 2. The van der Waals surface area contributed by atoms with E-state index >= 15 is 0 Å². The van der Waals surface area contributed by atoms with Crippen LogP contribution in [0.3, 0.4) is 0 Å². The standard InChI is InChI=1S/C9H7F3O.C4H9O.K/c1-2-7-3-5-8(6-4-7)13-9(10,11)12;1-4(2,3)5;/h2-6H,1H2;1-3H3;/q;-1;+1. The fourth-order valence-corrected chi connectivity index (χ4v) is 0.806. The molecule has 0 saturated heterocycles. The predicted octanol–water partition coefficient (Wildman–Crippen LogP) is 0.377. The van der Waals surface area contributed by atoms with Crippen molar-refractivity contribution in [2.45, 2.75) is 32.7 Å². The summed E-state index contributed by atoms with van der Waals surface area (Å²) < 4.78 is 38.7. The molecule has 0 spiro atoms. The Morgan fingerprint density at radius 2 is 1.47 bits per heavy atom. The number of halogens is 3. The van der Waals surface area contributed by atoms with Crippen molar-refractivity contribution in [2.75, 3.05) is 0 Å². The van der Waals surface area contributed by atoms with E-state index in [-0.39, 0.29) is 57.1 Å². The summed E-state index contributed by atoms with van der Waals surface area (Å²) >= 11 is 0. The van der Waals surface area contributed by atoms with E-state index < -0.39 is 12.0 Å². The van der Waals surface area contributed by atoms with E-state index in [9.17, 15) is 18.3 Å². The van der Waals surface area contributed by atoms with Gasteiger partial charge in [0.15, 0.2) is 0 Å². The zero-order valence-corrected chi connectivity index (χ0v) is 14.7. The Bertz CT molecular complexity index is 361. The second-order valence-electron chi connectivity index (χ2n) is 4.43. The van der Waals surface area contributed by atoms with E-state index in [2.05, 4.69) is 11.3 Å². The summed E-state index contributed by atoms with van der Waals surface area (Å²) in [6, 6.07) is 5.47. The van der Waals surface area contributed by atoms with Crippen LogP contribution in [-0.4, -0.2) is 12.0 Å². The van der Waals surface area contributed by atoms with E-state index in [0.717, 1.165) is 5.56 Å². The average Bonchev–Trinajstić information content (AvgIpc) is 2.14. The van der Waals surface area contributed by atoms with Gasteiger partial charge in [0.1, 0.15) is 5.75 Å². The summed E-state index contributed by atoms with van der Waals surface area (Å²) in [5.74, 6) is -0.224. The van der Waals surface area contributed by atoms with Crippen molar-refractivity contribution in [1.82, 2.24) is 0 Å². The molecular formula is C13H16F3KO2. The predicted molar refractivity (Wildman–Crippen MR) is 63.0 cm³/mol. The summed E-state index contributed by atoms with van der Waals surface area (Å²) in [6.45, 7) is 8.37. The van der Waals surface area contributed by atoms with Crippen LogP contribution in [0.4, 0.5) is 13.2 Å². The quantitative estimate of drug-likeness (QED) is 0.740. The van der Waals surface area contributed by atoms with Gasteiger partial charge in [-0.15, -0.1) is 18.8 Å². The third kappa shape index (κ3) is 16.1. The number of rotatable bonds is 2. The first-order chi connectivity index (χ1) is 8.01. The fraction of sp³-hybridized carbons (Fsp3) is 0.385. The summed E-state index contributed by atoms with van der Waals surface area (Å²) in [5, 5.41) is 10.1. The van der Waals surface area contributed by atoms with E-state index in [1.165, 1.54) is 30.3 Å². The molecule has 0 heterocycles. The van der Waals surface area contributed by atoms with Gasteiger partial charge in [-0.05, 0) is 17.7 Å². The molecule has 102 valence electrons. The van der Waals surface area contributed by atoms with Gasteiger partial charge in [-0.1, -0.05) is 45.6 Å². The number of hydrogen-bond donors (Lipinski definition) is 0. The molecule has 0 saturated carbocycles. The van der Waals surface area contributed by atoms with Crippen LogP contribution in [0.1, 0.15) is 26.3 Å². The van der Waals surface area contributed by atoms with Crippen LogP contribution in [0, 0.1) is 0 Å². The van der Waals surface area contributed by atoms with Gasteiger partial charge in [-0.3, -0.25) is 0 Å². The van der Waals surface area contributed by atoms with Crippen molar-refractivity contribution >= 4 is 6.08 Å². The summed E-state index contributed by atoms with van der Waals surface area (Å²) in [5.41, 5.74) is -0.00507. The molecule has 0 aliphatic heterocycles. The Kier molecular flexibility index (Phi) is 10.3. The van der Waals surface area contributed by atoms with Gasteiger partial charge in [0.05, 0.1) is 0 Å². The maximum Gasteiger partial charge on any atom is 1.00 e. The summed E-state index contributed by atoms with van der Waals surface area (Å²) in [6.07, 6.45) is -3.09. The molecular weight excluding hydrogens is 284 g/mol. The first-order valence-electron chi connectivity index (χ1n) is 5.20. The Balaban J connectivity index is 0. The van der Waals surface area contributed by atoms with Crippen LogP contribution >= 0.6 is 0 Å². The largest absolute Gasteiger partial charge is 1.00 e. The molecule has 0 aliphatic carbocycles. The molecule has 1 aromatic rings. The number of benzene rings is 1. The minimum Gasteiger partial charge on any atom is -0.850 e. The molecule has 1 aromatic carbocycles. The Labute approximate surface area is 154 Å². The monoisotopic (exact) mass is 300 g/mol. The molecule has 0 radical (unpaired) electrons. The molecule has 0 amide bonds. The fourth-order valence-electron chi connectivity index (χ4n) is 0.806. The van der Waals surface area contributed by atoms with Crippen molar-refractivity contribution < 1.29 is 74.4 Å². The van der Waals surface area contributed by atoms with Crippen molar-refractivity contribution in [3.63, 3.8) is 0 Å². The second-order valence-corrected chi connectivity index (χ2v) is 4.43. The molecule has 0 aromatic heterocycles. The topological polar surface area (TPSA) is 32.3 Å². The van der Waals surface area contributed by atoms with Crippen molar-refractivity contribution in [1.29, 1.82) is 0 Å². The van der Waals surface area contributed by atoms with Gasteiger partial charge >= 0.3 is 57.7 Å². The zero-order chi connectivity index (χ0) is 14.4. The van der Waals surface area contributed by atoms with Gasteiger partial charge in [-0.2, -0.15) is 0 Å². The Morgan fingerprint density at radius 3 is 1.74 bits per heavy atom. The molecule has 0 aliphatic rings. The van der Waals surface area contributed by atoms with Crippen LogP contribution in [0.15, 0.2) is 30.8 Å². The zero-order valence-electron chi connectivity index (χ0n) is 11.5. The number of ether oxygens (including phenoxy) is 1. The molecule has 0 fully saturated rings. The molecule has 6 heteroatoms. The van der Waals surface area contributed by atoms with Crippen molar-refractivity contribution in [2.24, 2.45) is 0 Å². The molecule has 19 heavy (non-hydrogen) atoms. The smallest absolute Gasteiger partial charge is 0.850 e. The third-order valence-corrected chi connectivity index (χ3v) is 1.35. The maximum atomic E-state index is 11.7. The van der Waals surface area contributed by atoms with E-state index in [1.54, 1.807) is 20.8 Å². The molecule has 0 N–H and O–H groups in total. The van der Waals surface area contributed by atoms with Gasteiger partial charge in [0.25, 0.3) is 0 Å². The average molecular weight is 300 g/mol.